The van der Waals surface area contributed by atoms with Crippen molar-refractivity contribution in [1.29, 1.82) is 0 Å². The highest BCUT2D eigenvalue weighted by molar-refractivity contribution is 6.32. The Bertz CT molecular complexity index is 397. The first kappa shape index (κ1) is 13.6. The molecule has 2 unspecified atom stereocenters. The Morgan fingerprint density at radius 2 is 2.22 bits per heavy atom. The van der Waals surface area contributed by atoms with E-state index < -0.39 is 0 Å². The molecular weight excluding hydrogens is 248 g/mol. The largest absolute Gasteiger partial charge is 0.473 e. The summed E-state index contributed by atoms with van der Waals surface area (Å²) in [5, 5.41) is 0.570. The number of pyridine rings is 1. The van der Waals surface area contributed by atoms with Gasteiger partial charge < -0.3 is 10.5 Å². The predicted octanol–water partition coefficient (Wildman–Crippen LogP) is 3.54. The molecular formula is C14H21ClN2O. The molecule has 2 atom stereocenters. The topological polar surface area (TPSA) is 48.1 Å². The summed E-state index contributed by atoms with van der Waals surface area (Å²) < 4.78 is 6.03. The van der Waals surface area contributed by atoms with Gasteiger partial charge in [0, 0.05) is 12.7 Å². The van der Waals surface area contributed by atoms with Crippen molar-refractivity contribution < 1.29 is 4.74 Å². The highest BCUT2D eigenvalue weighted by Crippen LogP contribution is 2.33. The number of nitrogens with two attached hydrogens (primary N) is 1. The van der Waals surface area contributed by atoms with Crippen LogP contribution < -0.4 is 10.5 Å². The van der Waals surface area contributed by atoms with E-state index in [1.165, 1.54) is 19.3 Å². The number of hydrogen-bond acceptors (Lipinski definition) is 3. The molecule has 18 heavy (non-hydrogen) atoms. The highest BCUT2D eigenvalue weighted by atomic mass is 35.5. The van der Waals surface area contributed by atoms with Crippen molar-refractivity contribution in [3.63, 3.8) is 0 Å². The molecule has 100 valence electrons. The molecule has 1 aromatic heterocycles. The van der Waals surface area contributed by atoms with E-state index in [1.807, 2.05) is 6.07 Å². The SMILES string of the molecule is CCC1CCCCC1Oc1nccc(CN)c1Cl. The van der Waals surface area contributed by atoms with E-state index in [0.29, 0.717) is 23.4 Å². The monoisotopic (exact) mass is 268 g/mol. The number of rotatable bonds is 4. The van der Waals surface area contributed by atoms with Crippen LogP contribution in [0.4, 0.5) is 0 Å². The number of aromatic nitrogens is 1. The molecule has 2 N–H and O–H groups in total. The number of hydrogen-bond donors (Lipinski definition) is 1. The second-order valence-corrected chi connectivity index (χ2v) is 5.28. The summed E-state index contributed by atoms with van der Waals surface area (Å²) in [6, 6.07) is 1.84. The van der Waals surface area contributed by atoms with E-state index in [-0.39, 0.29) is 6.10 Å². The van der Waals surface area contributed by atoms with Gasteiger partial charge in [-0.2, -0.15) is 0 Å². The van der Waals surface area contributed by atoms with Crippen molar-refractivity contribution >= 4 is 11.6 Å². The van der Waals surface area contributed by atoms with Gasteiger partial charge in [-0.3, -0.25) is 0 Å². The Labute approximate surface area is 114 Å². The van der Waals surface area contributed by atoms with Crippen LogP contribution in [0.1, 0.15) is 44.6 Å². The average molecular weight is 269 g/mol. The van der Waals surface area contributed by atoms with Gasteiger partial charge in [-0.25, -0.2) is 4.98 Å². The molecule has 3 nitrogen and oxygen atoms in total. The third-order valence-corrected chi connectivity index (χ3v) is 4.19. The summed E-state index contributed by atoms with van der Waals surface area (Å²) >= 11 is 6.25. The van der Waals surface area contributed by atoms with E-state index >= 15 is 0 Å². The summed E-state index contributed by atoms with van der Waals surface area (Å²) in [6.45, 7) is 2.64. The molecule has 2 rings (SSSR count). The maximum atomic E-state index is 6.25. The van der Waals surface area contributed by atoms with Gasteiger partial charge in [-0.1, -0.05) is 24.9 Å². The molecule has 1 aliphatic rings. The molecule has 4 heteroatoms. The van der Waals surface area contributed by atoms with Crippen LogP contribution in [0.25, 0.3) is 0 Å². The van der Waals surface area contributed by atoms with Crippen LogP contribution in [-0.2, 0) is 6.54 Å². The van der Waals surface area contributed by atoms with Gasteiger partial charge >= 0.3 is 0 Å². The van der Waals surface area contributed by atoms with Gasteiger partial charge in [0.15, 0.2) is 0 Å². The number of halogens is 1. The quantitative estimate of drug-likeness (QED) is 0.909. The number of nitrogens with zero attached hydrogens (tertiary/aromatic N) is 1. The normalized spacial score (nSPS) is 23.9. The zero-order chi connectivity index (χ0) is 13.0. The van der Waals surface area contributed by atoms with E-state index in [9.17, 15) is 0 Å². The molecule has 0 aliphatic heterocycles. The Kier molecular flexibility index (Phi) is 4.84. The lowest BCUT2D eigenvalue weighted by Gasteiger charge is -2.31. The van der Waals surface area contributed by atoms with Crippen molar-refractivity contribution in [1.82, 2.24) is 4.98 Å². The van der Waals surface area contributed by atoms with Gasteiger partial charge in [0.2, 0.25) is 5.88 Å². The average Bonchev–Trinajstić information content (AvgIpc) is 2.42. The molecule has 0 aromatic carbocycles. The van der Waals surface area contributed by atoms with Gasteiger partial charge in [0.1, 0.15) is 11.1 Å². The van der Waals surface area contributed by atoms with E-state index in [0.717, 1.165) is 18.4 Å². The van der Waals surface area contributed by atoms with Crippen LogP contribution >= 0.6 is 11.6 Å². The van der Waals surface area contributed by atoms with Gasteiger partial charge in [0.25, 0.3) is 0 Å². The smallest absolute Gasteiger partial charge is 0.233 e. The molecule has 0 bridgehead atoms. The Hall–Kier alpha value is -0.800. The first-order valence-electron chi connectivity index (χ1n) is 6.76. The lowest BCUT2D eigenvalue weighted by molar-refractivity contribution is 0.0859. The van der Waals surface area contributed by atoms with Crippen molar-refractivity contribution in [2.24, 2.45) is 11.7 Å². The zero-order valence-corrected chi connectivity index (χ0v) is 11.6. The summed E-state index contributed by atoms with van der Waals surface area (Å²) in [5.41, 5.74) is 6.53. The summed E-state index contributed by atoms with van der Waals surface area (Å²) in [7, 11) is 0. The summed E-state index contributed by atoms with van der Waals surface area (Å²) in [5.74, 6) is 1.17. The molecule has 1 heterocycles. The molecule has 1 fully saturated rings. The van der Waals surface area contributed by atoms with Crippen LogP contribution in [-0.4, -0.2) is 11.1 Å². The predicted molar refractivity (Wildman–Crippen MR) is 73.8 cm³/mol. The molecule has 1 saturated carbocycles. The van der Waals surface area contributed by atoms with Crippen molar-refractivity contribution in [2.45, 2.75) is 51.7 Å². The van der Waals surface area contributed by atoms with Gasteiger partial charge in [0.05, 0.1) is 0 Å². The van der Waals surface area contributed by atoms with Crippen LogP contribution in [0.3, 0.4) is 0 Å². The van der Waals surface area contributed by atoms with Crippen LogP contribution in [0.5, 0.6) is 5.88 Å². The third-order valence-electron chi connectivity index (χ3n) is 3.78. The fourth-order valence-electron chi connectivity index (χ4n) is 2.64. The second kappa shape index (κ2) is 6.39. The molecule has 0 spiro atoms. The third kappa shape index (κ3) is 2.96. The van der Waals surface area contributed by atoms with E-state index in [4.69, 9.17) is 22.1 Å². The minimum atomic E-state index is 0.252. The molecule has 0 radical (unpaired) electrons. The molecule has 0 amide bonds. The Morgan fingerprint density at radius 3 is 2.94 bits per heavy atom. The van der Waals surface area contributed by atoms with Crippen LogP contribution in [0.2, 0.25) is 5.02 Å². The Morgan fingerprint density at radius 1 is 1.44 bits per heavy atom. The highest BCUT2D eigenvalue weighted by Gasteiger charge is 2.26. The Balaban J connectivity index is 2.12. The number of ether oxygens (including phenoxy) is 1. The van der Waals surface area contributed by atoms with Crippen molar-refractivity contribution in [3.8, 4) is 5.88 Å². The lowest BCUT2D eigenvalue weighted by Crippen LogP contribution is -2.30. The van der Waals surface area contributed by atoms with Crippen LogP contribution in [0.15, 0.2) is 12.3 Å². The molecule has 1 aromatic rings. The van der Waals surface area contributed by atoms with E-state index in [2.05, 4.69) is 11.9 Å². The molecule has 0 saturated heterocycles. The minimum Gasteiger partial charge on any atom is -0.473 e. The maximum Gasteiger partial charge on any atom is 0.233 e. The maximum absolute atomic E-state index is 6.25. The van der Waals surface area contributed by atoms with E-state index in [1.54, 1.807) is 6.20 Å². The lowest BCUT2D eigenvalue weighted by atomic mass is 9.85. The molecule has 1 aliphatic carbocycles. The van der Waals surface area contributed by atoms with Crippen LogP contribution in [0, 0.1) is 5.92 Å². The fourth-order valence-corrected chi connectivity index (χ4v) is 2.87. The minimum absolute atomic E-state index is 0.252. The van der Waals surface area contributed by atoms with Crippen molar-refractivity contribution in [2.75, 3.05) is 0 Å². The first-order chi connectivity index (χ1) is 8.76. The standard InChI is InChI=1S/C14H21ClN2O/c1-2-10-5-3-4-6-12(10)18-14-13(15)11(9-16)7-8-17-14/h7-8,10,12H,2-6,9,16H2,1H3. The summed E-state index contributed by atoms with van der Waals surface area (Å²) in [6.07, 6.45) is 8.00. The van der Waals surface area contributed by atoms with Gasteiger partial charge in [-0.05, 0) is 43.2 Å². The summed E-state index contributed by atoms with van der Waals surface area (Å²) in [4.78, 5) is 4.24. The van der Waals surface area contributed by atoms with Crippen molar-refractivity contribution in [3.05, 3.63) is 22.8 Å². The zero-order valence-electron chi connectivity index (χ0n) is 10.9. The van der Waals surface area contributed by atoms with Gasteiger partial charge in [-0.15, -0.1) is 0 Å². The first-order valence-corrected chi connectivity index (χ1v) is 7.14. The second-order valence-electron chi connectivity index (χ2n) is 4.90. The fraction of sp³-hybridized carbons (Fsp3) is 0.643.